The number of ketones is 2. The number of alkyl halides is 1. The van der Waals surface area contributed by atoms with Crippen LogP contribution in [0.3, 0.4) is 0 Å². The van der Waals surface area contributed by atoms with Crippen molar-refractivity contribution in [1.82, 2.24) is 0 Å². The van der Waals surface area contributed by atoms with E-state index in [1.807, 2.05) is 13.8 Å². The lowest BCUT2D eigenvalue weighted by Gasteiger charge is -2.64. The number of halogens is 2. The van der Waals surface area contributed by atoms with Crippen LogP contribution in [-0.4, -0.2) is 50.9 Å². The van der Waals surface area contributed by atoms with Crippen LogP contribution in [0.5, 0.6) is 0 Å². The first-order valence-electron chi connectivity index (χ1n) is 11.7. The molecule has 0 amide bonds. The fraction of sp³-hybridized carbons (Fsp3) is 0.720. The number of allylic oxidation sites excluding steroid dienone is 4. The Morgan fingerprint density at radius 1 is 1.30 bits per heavy atom. The molecule has 0 aromatic heterocycles. The van der Waals surface area contributed by atoms with Crippen molar-refractivity contribution >= 4 is 29.1 Å². The van der Waals surface area contributed by atoms with Crippen molar-refractivity contribution in [2.24, 2.45) is 28.6 Å². The van der Waals surface area contributed by atoms with Crippen LogP contribution in [0.1, 0.15) is 59.8 Å². The molecule has 182 valence electrons. The summed E-state index contributed by atoms with van der Waals surface area (Å²) in [5.41, 5.74) is -3.32. The monoisotopic (exact) mass is 482 g/mol. The molecule has 0 aliphatic heterocycles. The van der Waals surface area contributed by atoms with Crippen LogP contribution in [0.15, 0.2) is 23.6 Å². The van der Waals surface area contributed by atoms with Crippen molar-refractivity contribution in [2.75, 3.05) is 6.61 Å². The van der Waals surface area contributed by atoms with E-state index in [2.05, 4.69) is 0 Å². The Labute approximate surface area is 198 Å². The molecule has 0 radical (unpaired) electrons. The average molecular weight is 483 g/mol. The lowest BCUT2D eigenvalue weighted by Crippen LogP contribution is -2.69. The topological polar surface area (TPSA) is 101 Å². The van der Waals surface area contributed by atoms with Gasteiger partial charge in [0.25, 0.3) is 0 Å². The van der Waals surface area contributed by atoms with E-state index in [0.717, 1.165) is 0 Å². The lowest BCUT2D eigenvalue weighted by molar-refractivity contribution is -0.202. The van der Waals surface area contributed by atoms with Gasteiger partial charge in [0.1, 0.15) is 6.61 Å². The Bertz CT molecular complexity index is 976. The minimum atomic E-state index is -1.58. The third kappa shape index (κ3) is 2.82. The second-order valence-corrected chi connectivity index (χ2v) is 11.3. The highest BCUT2D eigenvalue weighted by Gasteiger charge is 2.76. The molecule has 4 rings (SSSR count). The number of aliphatic hydroxyl groups excluding tert-OH is 2. The first kappa shape index (κ1) is 24.6. The third-order valence-electron chi connectivity index (χ3n) is 9.39. The Kier molecular flexibility index (Phi) is 5.74. The number of rotatable bonds is 4. The molecule has 0 bridgehead atoms. The minimum absolute atomic E-state index is 0.0387. The highest BCUT2D eigenvalue weighted by Crippen LogP contribution is 2.72. The zero-order valence-corrected chi connectivity index (χ0v) is 20.2. The fourth-order valence-electron chi connectivity index (χ4n) is 7.85. The molecular formula is C25H32ClFO6. The van der Waals surface area contributed by atoms with E-state index >= 15 is 0 Å². The smallest absolute Gasteiger partial charge is 0.306 e. The predicted molar refractivity (Wildman–Crippen MR) is 119 cm³/mol. The van der Waals surface area contributed by atoms with Gasteiger partial charge in [0.2, 0.25) is 11.6 Å². The van der Waals surface area contributed by atoms with Gasteiger partial charge in [0.15, 0.2) is 11.4 Å². The van der Waals surface area contributed by atoms with E-state index < -0.39 is 63.3 Å². The van der Waals surface area contributed by atoms with Gasteiger partial charge in [-0.2, -0.15) is 0 Å². The van der Waals surface area contributed by atoms with Crippen molar-refractivity contribution in [3.63, 3.8) is 0 Å². The van der Waals surface area contributed by atoms with E-state index in [0.29, 0.717) is 24.8 Å². The number of fused-ring (bicyclic) bond motifs is 5. The van der Waals surface area contributed by atoms with Crippen LogP contribution in [0.25, 0.3) is 0 Å². The number of Topliss-reactive ketones (excluding diaryl/α,β-unsaturated/α-hetero) is 1. The lowest BCUT2D eigenvalue weighted by atomic mass is 9.45. The van der Waals surface area contributed by atoms with Crippen molar-refractivity contribution in [2.45, 2.75) is 76.4 Å². The van der Waals surface area contributed by atoms with Crippen LogP contribution < -0.4 is 0 Å². The number of ether oxygens (including phenoxy) is 1. The Balaban J connectivity index is 1.87. The number of hydrogen-bond acceptors (Lipinski definition) is 6. The molecule has 0 unspecified atom stereocenters. The summed E-state index contributed by atoms with van der Waals surface area (Å²) in [5.74, 6) is -3.57. The summed E-state index contributed by atoms with van der Waals surface area (Å²) < 4.78 is 20.8. The molecular weight excluding hydrogens is 451 g/mol. The largest absolute Gasteiger partial charge is 0.450 e. The maximum Gasteiger partial charge on any atom is 0.306 e. The summed E-state index contributed by atoms with van der Waals surface area (Å²) in [4.78, 5) is 36.4. The number of aliphatic hydroxyl groups is 2. The first-order chi connectivity index (χ1) is 15.3. The van der Waals surface area contributed by atoms with Gasteiger partial charge in [-0.3, -0.25) is 14.4 Å². The van der Waals surface area contributed by atoms with E-state index in [1.54, 1.807) is 19.9 Å². The predicted octanol–water partition coefficient (Wildman–Crippen LogP) is 3.42. The van der Waals surface area contributed by atoms with Gasteiger partial charge in [-0.25, -0.2) is 4.39 Å². The quantitative estimate of drug-likeness (QED) is 0.470. The Hall–Kier alpha value is -1.57. The first-order valence-corrected chi connectivity index (χ1v) is 12.1. The summed E-state index contributed by atoms with van der Waals surface area (Å²) in [6.45, 7) is 6.29. The molecule has 8 heteroatoms. The molecule has 6 nitrogen and oxygen atoms in total. The Morgan fingerprint density at radius 3 is 2.58 bits per heavy atom. The second kappa shape index (κ2) is 7.72. The SMILES string of the molecule is CCC(=O)O[C@]1(C(=O)CO)[C@@H](C)C[C@H]2[C@@H]3CCC4=C(F)C(=O)C=C[C@]4(C)[C@@]3(Cl)[C@@H](O)C[C@@]21C. The molecule has 3 fully saturated rings. The molecule has 0 heterocycles. The maximum atomic E-state index is 14.9. The van der Waals surface area contributed by atoms with Crippen LogP contribution in [0.4, 0.5) is 4.39 Å². The number of hydrogen-bond donors (Lipinski definition) is 2. The molecule has 2 N–H and O–H groups in total. The highest BCUT2D eigenvalue weighted by molar-refractivity contribution is 6.26. The van der Waals surface area contributed by atoms with Gasteiger partial charge < -0.3 is 14.9 Å². The highest BCUT2D eigenvalue weighted by atomic mass is 35.5. The summed E-state index contributed by atoms with van der Waals surface area (Å²) in [6, 6.07) is 0. The summed E-state index contributed by atoms with van der Waals surface area (Å²) in [6.07, 6.45) is 2.98. The molecule has 0 aromatic rings. The van der Waals surface area contributed by atoms with Gasteiger partial charge in [-0.15, -0.1) is 11.6 Å². The summed E-state index contributed by atoms with van der Waals surface area (Å²) >= 11 is 7.32. The molecule has 3 saturated carbocycles. The molecule has 4 aliphatic carbocycles. The number of carbonyl (C=O) groups excluding carboxylic acids is 3. The van der Waals surface area contributed by atoms with E-state index in [-0.39, 0.29) is 24.7 Å². The fourth-order valence-corrected chi connectivity index (χ4v) is 8.36. The second-order valence-electron chi connectivity index (χ2n) is 10.6. The van der Waals surface area contributed by atoms with Crippen LogP contribution in [0.2, 0.25) is 0 Å². The molecule has 0 saturated heterocycles. The molecule has 4 aliphatic rings. The molecule has 0 spiro atoms. The van der Waals surface area contributed by atoms with Gasteiger partial charge in [0.05, 0.1) is 11.0 Å². The maximum absolute atomic E-state index is 14.9. The standard InChI is InChI=1S/C25H32ClFO6/c1-5-20(32)33-25(19(31)12-28)13(2)10-16-14-6-7-15-21(27)17(29)8-9-22(15,3)24(14,26)18(30)11-23(16,25)4/h8-9,13-14,16,18,28,30H,5-7,10-12H2,1-4H3/t13-,14-,16-,18-,22-,23-,24-,25-/m0/s1. The van der Waals surface area contributed by atoms with Crippen LogP contribution in [0, 0.1) is 28.6 Å². The molecule has 0 aromatic carbocycles. The van der Waals surface area contributed by atoms with Crippen LogP contribution in [-0.2, 0) is 19.1 Å². The van der Waals surface area contributed by atoms with E-state index in [9.17, 15) is 29.0 Å². The molecule has 8 atom stereocenters. The normalized spacial score (nSPS) is 46.5. The Morgan fingerprint density at radius 2 is 1.97 bits per heavy atom. The van der Waals surface area contributed by atoms with E-state index in [4.69, 9.17) is 16.3 Å². The summed E-state index contributed by atoms with van der Waals surface area (Å²) in [7, 11) is 0. The zero-order valence-electron chi connectivity index (χ0n) is 19.5. The van der Waals surface area contributed by atoms with Crippen molar-refractivity contribution in [3.05, 3.63) is 23.6 Å². The minimum Gasteiger partial charge on any atom is -0.450 e. The van der Waals surface area contributed by atoms with E-state index in [1.165, 1.54) is 6.08 Å². The summed E-state index contributed by atoms with van der Waals surface area (Å²) in [5, 5.41) is 21.4. The van der Waals surface area contributed by atoms with Gasteiger partial charge in [-0.1, -0.05) is 33.8 Å². The zero-order chi connectivity index (χ0) is 24.6. The average Bonchev–Trinajstić information content (AvgIpc) is 2.99. The van der Waals surface area contributed by atoms with Gasteiger partial charge in [0, 0.05) is 23.2 Å². The third-order valence-corrected chi connectivity index (χ3v) is 10.3. The van der Waals surface area contributed by atoms with Crippen molar-refractivity contribution < 1.29 is 33.7 Å². The van der Waals surface area contributed by atoms with Crippen molar-refractivity contribution in [1.29, 1.82) is 0 Å². The van der Waals surface area contributed by atoms with Crippen LogP contribution >= 0.6 is 11.6 Å². The molecule has 33 heavy (non-hydrogen) atoms. The number of esters is 1. The van der Waals surface area contributed by atoms with Gasteiger partial charge >= 0.3 is 5.97 Å². The van der Waals surface area contributed by atoms with Crippen molar-refractivity contribution in [3.8, 4) is 0 Å². The number of carbonyl (C=O) groups is 3. The van der Waals surface area contributed by atoms with Gasteiger partial charge in [-0.05, 0) is 49.2 Å².